The molecule has 27 heavy (non-hydrogen) atoms. The molecule has 1 aliphatic rings. The lowest BCUT2D eigenvalue weighted by atomic mass is 9.89. The smallest absolute Gasteiger partial charge is 0.319 e. The number of hydrogen-bond donors (Lipinski definition) is 2. The molecule has 0 aliphatic carbocycles. The zero-order valence-corrected chi connectivity index (χ0v) is 15.8. The Morgan fingerprint density at radius 2 is 1.96 bits per heavy atom. The lowest BCUT2D eigenvalue weighted by molar-refractivity contribution is -0.152. The van der Waals surface area contributed by atoms with Gasteiger partial charge in [-0.25, -0.2) is 4.79 Å². The summed E-state index contributed by atoms with van der Waals surface area (Å²) in [6.45, 7) is 10.7. The monoisotopic (exact) mass is 376 g/mol. The van der Waals surface area contributed by atoms with Gasteiger partial charge < -0.3 is 24.8 Å². The van der Waals surface area contributed by atoms with Crippen molar-refractivity contribution in [1.82, 2.24) is 10.6 Å². The molecule has 0 unspecified atom stereocenters. The molecular weight excluding hydrogens is 352 g/mol. The number of ether oxygens (including phenoxy) is 3. The van der Waals surface area contributed by atoms with Gasteiger partial charge in [0.1, 0.15) is 5.92 Å². The fraction of sp³-hybridized carbons (Fsp3) is 0.421. The van der Waals surface area contributed by atoms with Crippen LogP contribution in [0.2, 0.25) is 0 Å². The first-order valence-electron chi connectivity index (χ1n) is 8.64. The highest BCUT2D eigenvalue weighted by Gasteiger charge is 2.39. The standard InChI is InChI=1S/C19H24N2O6/c1-6-25-15-9-13(7-8-14(15)27-12(5)22)17-16(18(23)26-10(2)3)11(4)20-19(24)21-17/h7-10,16-17H,4,6H2,1-3,5H3,(H2,20,21,24)/t16-,17-/m1/s1. The number of carbonyl (C=O) groups is 3. The second-order valence-corrected chi connectivity index (χ2v) is 6.30. The van der Waals surface area contributed by atoms with Crippen molar-refractivity contribution in [2.45, 2.75) is 39.8 Å². The van der Waals surface area contributed by atoms with Gasteiger partial charge in [-0.3, -0.25) is 9.59 Å². The van der Waals surface area contributed by atoms with Gasteiger partial charge in [-0.05, 0) is 38.5 Å². The van der Waals surface area contributed by atoms with E-state index < -0.39 is 29.9 Å². The van der Waals surface area contributed by atoms with Gasteiger partial charge in [0.25, 0.3) is 0 Å². The molecule has 2 amide bonds. The van der Waals surface area contributed by atoms with E-state index in [0.717, 1.165) is 0 Å². The lowest BCUT2D eigenvalue weighted by Crippen LogP contribution is -2.51. The molecule has 2 N–H and O–H groups in total. The van der Waals surface area contributed by atoms with Crippen molar-refractivity contribution in [3.05, 3.63) is 36.0 Å². The Labute approximate surface area is 157 Å². The van der Waals surface area contributed by atoms with Crippen LogP contribution in [0, 0.1) is 5.92 Å². The van der Waals surface area contributed by atoms with Gasteiger partial charge in [-0.15, -0.1) is 0 Å². The molecule has 0 saturated carbocycles. The van der Waals surface area contributed by atoms with Crippen LogP contribution in [0.1, 0.15) is 39.3 Å². The fourth-order valence-corrected chi connectivity index (χ4v) is 2.77. The summed E-state index contributed by atoms with van der Waals surface area (Å²) in [5.41, 5.74) is 0.840. The summed E-state index contributed by atoms with van der Waals surface area (Å²) in [5.74, 6) is -1.22. The van der Waals surface area contributed by atoms with Crippen LogP contribution in [0.3, 0.4) is 0 Å². The number of nitrogens with one attached hydrogen (secondary N) is 2. The Balaban J connectivity index is 2.42. The molecule has 1 saturated heterocycles. The van der Waals surface area contributed by atoms with Gasteiger partial charge in [0, 0.05) is 12.6 Å². The SMILES string of the molecule is C=C1NC(=O)N[C@H](c2ccc(OC(C)=O)c(OCC)c2)[C@@H]1C(=O)OC(C)C. The maximum atomic E-state index is 12.6. The van der Waals surface area contributed by atoms with E-state index in [1.54, 1.807) is 39.0 Å². The van der Waals surface area contributed by atoms with Gasteiger partial charge in [0.05, 0.1) is 18.8 Å². The first kappa shape index (κ1) is 20.3. The largest absolute Gasteiger partial charge is 0.490 e. The molecular formula is C19H24N2O6. The van der Waals surface area contributed by atoms with E-state index in [9.17, 15) is 14.4 Å². The highest BCUT2D eigenvalue weighted by Crippen LogP contribution is 2.36. The summed E-state index contributed by atoms with van der Waals surface area (Å²) in [6.07, 6.45) is -0.311. The zero-order chi connectivity index (χ0) is 20.1. The summed E-state index contributed by atoms with van der Waals surface area (Å²) in [4.78, 5) is 35.8. The van der Waals surface area contributed by atoms with Gasteiger partial charge >= 0.3 is 18.0 Å². The highest BCUT2D eigenvalue weighted by atomic mass is 16.6. The topological polar surface area (TPSA) is 103 Å². The molecule has 1 fully saturated rings. The number of amides is 2. The third-order valence-electron chi connectivity index (χ3n) is 3.76. The van der Waals surface area contributed by atoms with Crippen molar-refractivity contribution in [3.8, 4) is 11.5 Å². The van der Waals surface area contributed by atoms with Crippen molar-refractivity contribution in [1.29, 1.82) is 0 Å². The number of rotatable bonds is 6. The summed E-state index contributed by atoms with van der Waals surface area (Å²) in [6, 6.07) is 3.66. The first-order valence-corrected chi connectivity index (χ1v) is 8.64. The van der Waals surface area contributed by atoms with E-state index in [1.165, 1.54) is 6.92 Å². The molecule has 1 aromatic carbocycles. The molecule has 2 rings (SSSR count). The van der Waals surface area contributed by atoms with E-state index in [-0.39, 0.29) is 17.6 Å². The maximum absolute atomic E-state index is 12.6. The second kappa shape index (κ2) is 8.57. The fourth-order valence-electron chi connectivity index (χ4n) is 2.77. The Bertz CT molecular complexity index is 759. The molecule has 146 valence electrons. The molecule has 0 spiro atoms. The predicted molar refractivity (Wildman–Crippen MR) is 97.2 cm³/mol. The van der Waals surface area contributed by atoms with Crippen LogP contribution in [0.5, 0.6) is 11.5 Å². The van der Waals surface area contributed by atoms with Crippen LogP contribution in [-0.2, 0) is 14.3 Å². The number of esters is 2. The Kier molecular flexibility index (Phi) is 6.44. The Morgan fingerprint density at radius 3 is 2.56 bits per heavy atom. The van der Waals surface area contributed by atoms with Gasteiger partial charge in [0.15, 0.2) is 11.5 Å². The highest BCUT2D eigenvalue weighted by molar-refractivity contribution is 5.85. The van der Waals surface area contributed by atoms with Crippen LogP contribution in [0.15, 0.2) is 30.5 Å². The van der Waals surface area contributed by atoms with E-state index in [0.29, 0.717) is 17.9 Å². The Hall–Kier alpha value is -3.03. The second-order valence-electron chi connectivity index (χ2n) is 6.30. The summed E-state index contributed by atoms with van der Waals surface area (Å²) in [5, 5.41) is 5.24. The van der Waals surface area contributed by atoms with E-state index in [1.807, 2.05) is 0 Å². The van der Waals surface area contributed by atoms with E-state index in [4.69, 9.17) is 14.2 Å². The minimum Gasteiger partial charge on any atom is -0.490 e. The molecule has 1 aromatic rings. The van der Waals surface area contributed by atoms with Crippen LogP contribution < -0.4 is 20.1 Å². The van der Waals surface area contributed by atoms with Crippen molar-refractivity contribution in [2.24, 2.45) is 5.92 Å². The third-order valence-corrected chi connectivity index (χ3v) is 3.76. The molecule has 0 bridgehead atoms. The minimum absolute atomic E-state index is 0.247. The number of benzene rings is 1. The quantitative estimate of drug-likeness (QED) is 0.584. The van der Waals surface area contributed by atoms with Crippen molar-refractivity contribution in [3.63, 3.8) is 0 Å². The van der Waals surface area contributed by atoms with Crippen LogP contribution in [0.25, 0.3) is 0 Å². The van der Waals surface area contributed by atoms with Crippen LogP contribution in [0.4, 0.5) is 4.79 Å². The average Bonchev–Trinajstić information content (AvgIpc) is 2.54. The summed E-state index contributed by atoms with van der Waals surface area (Å²) < 4.78 is 16.0. The lowest BCUT2D eigenvalue weighted by Gasteiger charge is -2.33. The van der Waals surface area contributed by atoms with Gasteiger partial charge in [-0.1, -0.05) is 12.6 Å². The van der Waals surface area contributed by atoms with Crippen LogP contribution in [-0.4, -0.2) is 30.7 Å². The Morgan fingerprint density at radius 1 is 1.26 bits per heavy atom. The molecule has 0 radical (unpaired) electrons. The van der Waals surface area contributed by atoms with Crippen molar-refractivity contribution in [2.75, 3.05) is 6.61 Å². The predicted octanol–water partition coefficient (Wildman–Crippen LogP) is 2.45. The van der Waals surface area contributed by atoms with E-state index in [2.05, 4.69) is 17.2 Å². The van der Waals surface area contributed by atoms with E-state index >= 15 is 0 Å². The average molecular weight is 376 g/mol. The minimum atomic E-state index is -0.820. The summed E-state index contributed by atoms with van der Waals surface area (Å²) >= 11 is 0. The first-order chi connectivity index (χ1) is 12.7. The van der Waals surface area contributed by atoms with Crippen molar-refractivity contribution < 1.29 is 28.6 Å². The summed E-state index contributed by atoms with van der Waals surface area (Å²) in [7, 11) is 0. The van der Waals surface area contributed by atoms with Gasteiger partial charge in [0.2, 0.25) is 0 Å². The molecule has 0 aromatic heterocycles. The molecule has 8 nitrogen and oxygen atoms in total. The third kappa shape index (κ3) is 4.99. The molecule has 1 heterocycles. The zero-order valence-electron chi connectivity index (χ0n) is 15.8. The number of hydrogen-bond acceptors (Lipinski definition) is 6. The molecule has 1 aliphatic heterocycles. The van der Waals surface area contributed by atoms with Crippen LogP contribution >= 0.6 is 0 Å². The maximum Gasteiger partial charge on any atom is 0.319 e. The molecule has 2 atom stereocenters. The normalized spacial score (nSPS) is 19.1. The van der Waals surface area contributed by atoms with Crippen molar-refractivity contribution >= 4 is 18.0 Å². The number of carbonyl (C=O) groups excluding carboxylic acids is 3. The van der Waals surface area contributed by atoms with Gasteiger partial charge in [-0.2, -0.15) is 0 Å². The molecule has 8 heteroatoms. The number of urea groups is 1.